The van der Waals surface area contributed by atoms with Gasteiger partial charge in [-0.2, -0.15) is 0 Å². The van der Waals surface area contributed by atoms with Gasteiger partial charge in [-0.25, -0.2) is 0 Å². The molecule has 3 aromatic rings. The number of hydrogen-bond acceptors (Lipinski definition) is 4. The lowest BCUT2D eigenvalue weighted by atomic mass is 10.1. The number of pyridine rings is 1. The summed E-state index contributed by atoms with van der Waals surface area (Å²) in [6.45, 7) is 7.11. The van der Waals surface area contributed by atoms with Crippen LogP contribution in [0.2, 0.25) is 0 Å². The Morgan fingerprint density at radius 3 is 2.59 bits per heavy atom. The smallest absolute Gasteiger partial charge is 0.222 e. The van der Waals surface area contributed by atoms with Gasteiger partial charge in [0.2, 0.25) is 5.91 Å². The number of anilines is 1. The average Bonchev–Trinajstić information content (AvgIpc) is 2.99. The molecule has 0 radical (unpaired) electrons. The molecule has 0 spiro atoms. The topological polar surface area (TPSA) is 50.6 Å². The Balaban J connectivity index is 1.78. The Morgan fingerprint density at radius 2 is 1.93 bits per heavy atom. The van der Waals surface area contributed by atoms with E-state index in [1.54, 1.807) is 7.11 Å². The van der Waals surface area contributed by atoms with Crippen LogP contribution in [0.4, 0.5) is 5.69 Å². The van der Waals surface area contributed by atoms with E-state index in [1.807, 2.05) is 24.9 Å². The molecule has 27 heavy (non-hydrogen) atoms. The van der Waals surface area contributed by atoms with Crippen molar-refractivity contribution in [1.29, 1.82) is 0 Å². The molecule has 4 rings (SSSR count). The quantitative estimate of drug-likeness (QED) is 0.715. The van der Waals surface area contributed by atoms with Crippen LogP contribution in [0.1, 0.15) is 19.0 Å². The van der Waals surface area contributed by atoms with E-state index in [9.17, 15) is 4.79 Å². The number of piperazine rings is 1. The number of aromatic nitrogens is 2. The van der Waals surface area contributed by atoms with Gasteiger partial charge in [0.1, 0.15) is 5.75 Å². The molecule has 0 N–H and O–H groups in total. The summed E-state index contributed by atoms with van der Waals surface area (Å²) in [5.74, 6) is 1.10. The molecule has 0 atom stereocenters. The molecular weight excluding hydrogens is 340 g/mol. The Labute approximate surface area is 159 Å². The zero-order chi connectivity index (χ0) is 19.1. The molecule has 0 unspecified atom stereocenters. The molecule has 1 aliphatic heterocycles. The molecule has 1 amide bonds. The number of fused-ring (bicyclic) bond motifs is 3. The first-order valence-electron chi connectivity index (χ1n) is 9.49. The molecule has 6 nitrogen and oxygen atoms in total. The van der Waals surface area contributed by atoms with E-state index in [2.05, 4.69) is 39.7 Å². The maximum atomic E-state index is 12.0. The molecule has 0 aliphatic carbocycles. The monoisotopic (exact) mass is 366 g/mol. The predicted molar refractivity (Wildman–Crippen MR) is 109 cm³/mol. The minimum atomic E-state index is 0.231. The van der Waals surface area contributed by atoms with Crippen molar-refractivity contribution in [3.63, 3.8) is 0 Å². The molecule has 0 saturated carbocycles. The van der Waals surface area contributed by atoms with Crippen LogP contribution >= 0.6 is 0 Å². The summed E-state index contributed by atoms with van der Waals surface area (Å²) in [7, 11) is 3.80. The third-order valence-electron chi connectivity index (χ3n) is 5.67. The third-order valence-corrected chi connectivity index (χ3v) is 5.67. The minimum Gasteiger partial charge on any atom is -0.495 e. The van der Waals surface area contributed by atoms with Crippen molar-refractivity contribution in [3.05, 3.63) is 30.1 Å². The van der Waals surface area contributed by atoms with E-state index in [0.717, 1.165) is 54.3 Å². The summed E-state index contributed by atoms with van der Waals surface area (Å²) in [6, 6.07) is 6.43. The number of amides is 1. The number of aryl methyl sites for hydroxylation is 2. The van der Waals surface area contributed by atoms with E-state index < -0.39 is 0 Å². The zero-order valence-electron chi connectivity index (χ0n) is 16.5. The van der Waals surface area contributed by atoms with Gasteiger partial charge < -0.3 is 19.1 Å². The van der Waals surface area contributed by atoms with Gasteiger partial charge in [-0.1, -0.05) is 6.92 Å². The highest BCUT2D eigenvalue weighted by Gasteiger charge is 2.23. The molecule has 6 heteroatoms. The van der Waals surface area contributed by atoms with Crippen LogP contribution in [0.3, 0.4) is 0 Å². The molecule has 0 bridgehead atoms. The second-order valence-corrected chi connectivity index (χ2v) is 7.11. The Kier molecular flexibility index (Phi) is 4.42. The molecule has 1 aliphatic rings. The van der Waals surface area contributed by atoms with Gasteiger partial charge in [-0.15, -0.1) is 0 Å². The van der Waals surface area contributed by atoms with Gasteiger partial charge >= 0.3 is 0 Å². The highest BCUT2D eigenvalue weighted by molar-refractivity contribution is 6.10. The van der Waals surface area contributed by atoms with Gasteiger partial charge in [-0.3, -0.25) is 9.78 Å². The van der Waals surface area contributed by atoms with E-state index >= 15 is 0 Å². The first-order chi connectivity index (χ1) is 13.0. The van der Waals surface area contributed by atoms with Crippen molar-refractivity contribution in [1.82, 2.24) is 14.5 Å². The van der Waals surface area contributed by atoms with Gasteiger partial charge in [0.25, 0.3) is 0 Å². The summed E-state index contributed by atoms with van der Waals surface area (Å²) < 4.78 is 7.92. The summed E-state index contributed by atoms with van der Waals surface area (Å²) >= 11 is 0. The first-order valence-corrected chi connectivity index (χ1v) is 9.49. The van der Waals surface area contributed by atoms with E-state index in [4.69, 9.17) is 4.74 Å². The number of methoxy groups -OCH3 is 1. The lowest BCUT2D eigenvalue weighted by molar-refractivity contribution is -0.131. The number of carbonyl (C=O) groups excluding carboxylic acids is 1. The summed E-state index contributed by atoms with van der Waals surface area (Å²) in [5, 5.41) is 2.42. The molecule has 3 heterocycles. The van der Waals surface area contributed by atoms with Crippen molar-refractivity contribution < 1.29 is 9.53 Å². The fraction of sp³-hybridized carbons (Fsp3) is 0.429. The molecule has 2 aromatic heterocycles. The van der Waals surface area contributed by atoms with Crippen molar-refractivity contribution in [2.75, 3.05) is 38.2 Å². The van der Waals surface area contributed by atoms with E-state index in [-0.39, 0.29) is 5.91 Å². The van der Waals surface area contributed by atoms with Crippen molar-refractivity contribution in [3.8, 4) is 5.75 Å². The van der Waals surface area contributed by atoms with Gasteiger partial charge in [-0.05, 0) is 19.1 Å². The minimum absolute atomic E-state index is 0.231. The fourth-order valence-electron chi connectivity index (χ4n) is 4.20. The lowest BCUT2D eigenvalue weighted by Gasteiger charge is -2.36. The number of nitrogens with zero attached hydrogens (tertiary/aromatic N) is 4. The number of ether oxygens (including phenoxy) is 1. The van der Waals surface area contributed by atoms with Crippen LogP contribution < -0.4 is 9.64 Å². The maximum absolute atomic E-state index is 12.0. The van der Waals surface area contributed by atoms with Crippen LogP contribution in [-0.2, 0) is 11.8 Å². The molecule has 1 saturated heterocycles. The maximum Gasteiger partial charge on any atom is 0.222 e. The summed E-state index contributed by atoms with van der Waals surface area (Å²) in [6.07, 6.45) is 2.44. The van der Waals surface area contributed by atoms with Gasteiger partial charge in [0.05, 0.1) is 29.5 Å². The van der Waals surface area contributed by atoms with Gasteiger partial charge in [0.15, 0.2) is 0 Å². The molecular formula is C21H26N4O2. The Hall–Kier alpha value is -2.76. The Morgan fingerprint density at radius 1 is 1.19 bits per heavy atom. The van der Waals surface area contributed by atoms with Crippen molar-refractivity contribution in [2.24, 2.45) is 7.05 Å². The average molecular weight is 366 g/mol. The lowest BCUT2D eigenvalue weighted by Crippen LogP contribution is -2.48. The molecule has 142 valence electrons. The van der Waals surface area contributed by atoms with Crippen LogP contribution in [0.5, 0.6) is 5.75 Å². The van der Waals surface area contributed by atoms with E-state index in [0.29, 0.717) is 6.42 Å². The number of carbonyl (C=O) groups is 1. The van der Waals surface area contributed by atoms with Gasteiger partial charge in [0, 0.05) is 62.7 Å². The third kappa shape index (κ3) is 2.80. The predicted octanol–water partition coefficient (Wildman–Crippen LogP) is 3.10. The zero-order valence-corrected chi connectivity index (χ0v) is 16.5. The van der Waals surface area contributed by atoms with Crippen molar-refractivity contribution >= 4 is 33.4 Å². The first kappa shape index (κ1) is 17.6. The normalized spacial score (nSPS) is 15.0. The molecule has 1 aromatic carbocycles. The largest absolute Gasteiger partial charge is 0.495 e. The molecule has 1 fully saturated rings. The van der Waals surface area contributed by atoms with Crippen LogP contribution in [-0.4, -0.2) is 53.6 Å². The SMILES string of the molecule is CCC(=O)N1CCN(c2cc3c4ccnc(C)c4n(C)c3cc2OC)CC1. The highest BCUT2D eigenvalue weighted by atomic mass is 16.5. The van der Waals surface area contributed by atoms with Crippen LogP contribution in [0.15, 0.2) is 24.4 Å². The standard InChI is InChI=1S/C21H26N4O2/c1-5-20(26)25-10-8-24(9-11-25)18-12-16-15-6-7-22-14(2)21(15)23(3)17(16)13-19(18)27-4/h6-7,12-13H,5,8-11H2,1-4H3. The second kappa shape index (κ2) is 6.76. The van der Waals surface area contributed by atoms with Crippen LogP contribution in [0, 0.1) is 6.92 Å². The van der Waals surface area contributed by atoms with Crippen molar-refractivity contribution in [2.45, 2.75) is 20.3 Å². The number of benzene rings is 1. The summed E-state index contributed by atoms with van der Waals surface area (Å²) in [5.41, 5.74) is 4.42. The summed E-state index contributed by atoms with van der Waals surface area (Å²) in [4.78, 5) is 20.7. The number of rotatable bonds is 3. The Bertz CT molecular complexity index is 1020. The van der Waals surface area contributed by atoms with E-state index in [1.165, 1.54) is 10.8 Å². The second-order valence-electron chi connectivity index (χ2n) is 7.11. The number of hydrogen-bond donors (Lipinski definition) is 0. The highest BCUT2D eigenvalue weighted by Crippen LogP contribution is 2.38. The fourth-order valence-corrected chi connectivity index (χ4v) is 4.20. The van der Waals surface area contributed by atoms with Crippen LogP contribution in [0.25, 0.3) is 21.8 Å².